The number of halogens is 1. The number of benzene rings is 1. The van der Waals surface area contributed by atoms with Gasteiger partial charge in [-0.1, -0.05) is 23.7 Å². The molecule has 1 aliphatic heterocycles. The third-order valence-electron chi connectivity index (χ3n) is 7.14. The van der Waals surface area contributed by atoms with Gasteiger partial charge in [-0.3, -0.25) is 9.59 Å². The summed E-state index contributed by atoms with van der Waals surface area (Å²) in [7, 11) is -3.86. The van der Waals surface area contributed by atoms with Crippen molar-refractivity contribution < 1.29 is 28.2 Å². The van der Waals surface area contributed by atoms with Gasteiger partial charge in [-0.15, -0.1) is 11.3 Å². The van der Waals surface area contributed by atoms with Crippen LogP contribution < -0.4 is 5.32 Å². The van der Waals surface area contributed by atoms with Crippen LogP contribution in [0.5, 0.6) is 0 Å². The fourth-order valence-electron chi connectivity index (χ4n) is 4.48. The summed E-state index contributed by atoms with van der Waals surface area (Å²) in [6.07, 6.45) is -0.167. The van der Waals surface area contributed by atoms with E-state index in [1.807, 2.05) is 12.1 Å². The summed E-state index contributed by atoms with van der Waals surface area (Å²) >= 11 is 7.09. The van der Waals surface area contributed by atoms with E-state index >= 15 is 0 Å². The molecule has 2 aromatic rings. The second-order valence-electron chi connectivity index (χ2n) is 9.73. The predicted molar refractivity (Wildman–Crippen MR) is 135 cm³/mol. The molecule has 2 heterocycles. The highest BCUT2D eigenvalue weighted by Gasteiger charge is 2.62. The zero-order chi connectivity index (χ0) is 25.6. The Bertz CT molecular complexity index is 1240. The summed E-state index contributed by atoms with van der Waals surface area (Å²) in [6, 6.07) is 7.16. The lowest BCUT2D eigenvalue weighted by Gasteiger charge is -2.36. The van der Waals surface area contributed by atoms with Gasteiger partial charge in [-0.05, 0) is 56.4 Å². The highest BCUT2D eigenvalue weighted by molar-refractivity contribution is 7.94. The van der Waals surface area contributed by atoms with Gasteiger partial charge in [0.15, 0.2) is 9.84 Å². The summed E-state index contributed by atoms with van der Waals surface area (Å²) in [5.41, 5.74) is 2.06. The molecule has 11 heteroatoms. The van der Waals surface area contributed by atoms with E-state index < -0.39 is 32.0 Å². The monoisotopic (exact) mass is 540 g/mol. The molecule has 1 atom stereocenters. The van der Waals surface area contributed by atoms with Crippen molar-refractivity contribution in [1.82, 2.24) is 10.2 Å². The Hall–Kier alpha value is -1.98. The molecule has 1 aromatic heterocycles. The number of nitrogens with zero attached hydrogens (tertiary/aromatic N) is 1. The summed E-state index contributed by atoms with van der Waals surface area (Å²) in [6.45, 7) is 2.83. The minimum atomic E-state index is -3.86. The lowest BCUT2D eigenvalue weighted by Crippen LogP contribution is -2.55. The van der Waals surface area contributed by atoms with E-state index in [2.05, 4.69) is 5.32 Å². The number of hydrogen-bond donors (Lipinski definition) is 3. The maximum Gasteiger partial charge on any atom is 0.264 e. The van der Waals surface area contributed by atoms with Gasteiger partial charge in [0.2, 0.25) is 0 Å². The number of rotatable bonds is 9. The topological polar surface area (TPSA) is 124 Å². The van der Waals surface area contributed by atoms with Crippen molar-refractivity contribution >= 4 is 44.6 Å². The van der Waals surface area contributed by atoms with E-state index in [1.54, 1.807) is 22.4 Å². The van der Waals surface area contributed by atoms with Crippen LogP contribution in [0, 0.1) is 0 Å². The van der Waals surface area contributed by atoms with Crippen LogP contribution in [0.2, 0.25) is 5.02 Å². The van der Waals surface area contributed by atoms with E-state index in [9.17, 15) is 28.2 Å². The lowest BCUT2D eigenvalue weighted by atomic mass is 10.0. The number of aliphatic hydroxyl groups is 2. The number of hydrogen-bond acceptors (Lipinski definition) is 7. The van der Waals surface area contributed by atoms with E-state index in [1.165, 1.54) is 25.2 Å². The number of carbonyl (C=O) groups excluding carboxylic acids is 2. The molecule has 0 spiro atoms. The minimum absolute atomic E-state index is 0.0329. The van der Waals surface area contributed by atoms with Crippen LogP contribution in [0.1, 0.15) is 57.8 Å². The first-order valence-corrected chi connectivity index (χ1v) is 14.1. The van der Waals surface area contributed by atoms with Crippen LogP contribution >= 0.6 is 22.9 Å². The van der Waals surface area contributed by atoms with E-state index in [0.717, 1.165) is 5.56 Å². The van der Waals surface area contributed by atoms with Gasteiger partial charge in [0, 0.05) is 30.0 Å². The first-order valence-electron chi connectivity index (χ1n) is 11.4. The number of carbonyl (C=O) groups is 2. The van der Waals surface area contributed by atoms with Gasteiger partial charge in [0.05, 0.1) is 32.6 Å². The molecule has 1 saturated carbocycles. The lowest BCUT2D eigenvalue weighted by molar-refractivity contribution is 0.0676. The SMILES string of the molecule is CC(C)([C@H](O)CO)S(=O)(=O)C1(CN2CCc3c(C(=O)NCc4ccc(Cl)cc4)csc3C2=O)CC1. The molecule has 0 radical (unpaired) electrons. The molecule has 4 rings (SSSR count). The Labute approximate surface area is 213 Å². The fraction of sp³-hybridized carbons (Fsp3) is 0.500. The minimum Gasteiger partial charge on any atom is -0.394 e. The molecule has 2 aliphatic rings. The van der Waals surface area contributed by atoms with E-state index in [4.69, 9.17) is 11.6 Å². The third kappa shape index (κ3) is 4.62. The highest BCUT2D eigenvalue weighted by atomic mass is 35.5. The molecular formula is C24H29ClN2O6S2. The maximum absolute atomic E-state index is 13.4. The number of sulfone groups is 1. The van der Waals surface area contributed by atoms with Crippen molar-refractivity contribution in [2.75, 3.05) is 19.7 Å². The average Bonchev–Trinajstić information content (AvgIpc) is 3.50. The smallest absolute Gasteiger partial charge is 0.264 e. The average molecular weight is 541 g/mol. The fourth-order valence-corrected chi connectivity index (χ4v) is 8.19. The number of fused-ring (bicyclic) bond motifs is 1. The van der Waals surface area contributed by atoms with Gasteiger partial charge in [0.1, 0.15) is 0 Å². The standard InChI is InChI=1S/C24H29ClN2O6S2/c1-23(2,19(29)12-28)35(32,33)24(8-9-24)14-27-10-7-17-18(13-34-20(17)22(27)31)21(30)26-11-15-3-5-16(25)6-4-15/h3-6,13,19,28-29H,7-12,14H2,1-2H3,(H,26,30)/t19-/m1/s1. The van der Waals surface area contributed by atoms with Gasteiger partial charge in [0.25, 0.3) is 11.8 Å². The van der Waals surface area contributed by atoms with E-state index in [-0.39, 0.29) is 18.4 Å². The molecule has 190 valence electrons. The zero-order valence-electron chi connectivity index (χ0n) is 19.6. The maximum atomic E-state index is 13.4. The Balaban J connectivity index is 1.47. The molecule has 0 saturated heterocycles. The van der Waals surface area contributed by atoms with Crippen LogP contribution in [0.15, 0.2) is 29.6 Å². The first kappa shape index (κ1) is 26.1. The normalized spacial score (nSPS) is 18.2. The van der Waals surface area contributed by atoms with Crippen LogP contribution in [0.3, 0.4) is 0 Å². The molecule has 1 aliphatic carbocycles. The Kier molecular flexibility index (Phi) is 7.07. The highest BCUT2D eigenvalue weighted by Crippen LogP contribution is 2.50. The number of nitrogens with one attached hydrogen (secondary N) is 1. The van der Waals surface area contributed by atoms with Gasteiger partial charge < -0.3 is 20.4 Å². The van der Waals surface area contributed by atoms with Gasteiger partial charge in [-0.2, -0.15) is 0 Å². The number of amides is 2. The summed E-state index contributed by atoms with van der Waals surface area (Å²) < 4.78 is 24.1. The predicted octanol–water partition coefficient (Wildman–Crippen LogP) is 2.41. The van der Waals surface area contributed by atoms with Crippen molar-refractivity contribution in [3.8, 4) is 0 Å². The Morgan fingerprint density at radius 2 is 1.94 bits per heavy atom. The molecule has 1 aromatic carbocycles. The van der Waals surface area contributed by atoms with Crippen LogP contribution in [0.25, 0.3) is 0 Å². The molecule has 0 bridgehead atoms. The summed E-state index contributed by atoms with van der Waals surface area (Å²) in [4.78, 5) is 28.0. The van der Waals surface area contributed by atoms with Crippen molar-refractivity contribution in [3.05, 3.63) is 56.2 Å². The van der Waals surface area contributed by atoms with E-state index in [0.29, 0.717) is 53.4 Å². The van der Waals surface area contributed by atoms with Crippen molar-refractivity contribution in [2.24, 2.45) is 0 Å². The summed E-state index contributed by atoms with van der Waals surface area (Å²) in [5, 5.41) is 24.6. The zero-order valence-corrected chi connectivity index (χ0v) is 22.0. The van der Waals surface area contributed by atoms with Crippen molar-refractivity contribution in [3.63, 3.8) is 0 Å². The second kappa shape index (κ2) is 9.48. The Morgan fingerprint density at radius 3 is 2.54 bits per heavy atom. The van der Waals surface area contributed by atoms with Crippen LogP contribution in [-0.4, -0.2) is 70.6 Å². The number of thiophene rings is 1. The first-order chi connectivity index (χ1) is 16.4. The van der Waals surface area contributed by atoms with Gasteiger partial charge >= 0.3 is 0 Å². The molecule has 1 fully saturated rings. The second-order valence-corrected chi connectivity index (χ2v) is 14.0. The van der Waals surface area contributed by atoms with Crippen molar-refractivity contribution in [2.45, 2.75) is 55.3 Å². The molecule has 35 heavy (non-hydrogen) atoms. The largest absolute Gasteiger partial charge is 0.394 e. The molecule has 8 nitrogen and oxygen atoms in total. The van der Waals surface area contributed by atoms with Crippen LogP contribution in [-0.2, 0) is 22.8 Å². The Morgan fingerprint density at radius 1 is 1.29 bits per heavy atom. The molecule has 3 N–H and O–H groups in total. The van der Waals surface area contributed by atoms with Gasteiger partial charge in [-0.25, -0.2) is 8.42 Å². The summed E-state index contributed by atoms with van der Waals surface area (Å²) in [5.74, 6) is -0.547. The molecule has 0 unspecified atom stereocenters. The molecule has 2 amide bonds. The quantitative estimate of drug-likeness (QED) is 0.449. The van der Waals surface area contributed by atoms with Crippen LogP contribution in [0.4, 0.5) is 0 Å². The molecular weight excluding hydrogens is 512 g/mol. The van der Waals surface area contributed by atoms with Crippen molar-refractivity contribution in [1.29, 1.82) is 0 Å². The third-order valence-corrected chi connectivity index (χ3v) is 11.7. The number of aliphatic hydroxyl groups excluding tert-OH is 2.